The van der Waals surface area contributed by atoms with E-state index in [1.807, 2.05) is 0 Å². The van der Waals surface area contributed by atoms with Crippen molar-refractivity contribution in [3.8, 4) is 0 Å². The second-order valence-electron chi connectivity index (χ2n) is 14.7. The summed E-state index contributed by atoms with van der Waals surface area (Å²) in [5.41, 5.74) is 0. The van der Waals surface area contributed by atoms with Crippen molar-refractivity contribution in [1.29, 1.82) is 0 Å². The molecule has 0 aromatic carbocycles. The van der Waals surface area contributed by atoms with E-state index in [2.05, 4.69) is 105 Å². The number of rotatable bonds is 2. The lowest BCUT2D eigenvalue weighted by Gasteiger charge is -2.59. The summed E-state index contributed by atoms with van der Waals surface area (Å²) in [4.78, 5) is 0. The highest BCUT2D eigenvalue weighted by molar-refractivity contribution is 7.60. The molecule has 184 valence electrons. The lowest BCUT2D eigenvalue weighted by molar-refractivity contribution is 0.310. The molecule has 2 bridgehead atoms. The Hall–Kier alpha value is 0.265. The van der Waals surface area contributed by atoms with Crippen LogP contribution in [0.2, 0.25) is 5.82 Å². The Morgan fingerprint density at radius 2 is 1.06 bits per heavy atom. The van der Waals surface area contributed by atoms with Crippen molar-refractivity contribution in [3.63, 3.8) is 0 Å². The highest BCUT2D eigenvalue weighted by Gasteiger charge is 2.56. The van der Waals surface area contributed by atoms with Gasteiger partial charge in [0, 0.05) is 36.7 Å². The van der Waals surface area contributed by atoms with Crippen LogP contribution in [0.15, 0.2) is 12.4 Å². The molecule has 2 fully saturated rings. The molecule has 1 unspecified atom stereocenters. The summed E-state index contributed by atoms with van der Waals surface area (Å²) in [6, 6.07) is 0. The predicted octanol–water partition coefficient (Wildman–Crippen LogP) is 9.32. The van der Waals surface area contributed by atoms with Gasteiger partial charge in [0.1, 0.15) is 0 Å². The van der Waals surface area contributed by atoms with Crippen LogP contribution in [0.5, 0.6) is 0 Å². The quantitative estimate of drug-likeness (QED) is 0.288. The van der Waals surface area contributed by atoms with E-state index in [1.54, 1.807) is 0 Å². The molecule has 0 aliphatic carbocycles. The average molecular weight is 478 g/mol. The van der Waals surface area contributed by atoms with Gasteiger partial charge in [0.05, 0.1) is 0 Å². The van der Waals surface area contributed by atoms with Gasteiger partial charge in [-0.05, 0) is 43.0 Å². The molecule has 3 heterocycles. The van der Waals surface area contributed by atoms with Crippen molar-refractivity contribution in [2.75, 3.05) is 0 Å². The fourth-order valence-electron chi connectivity index (χ4n) is 7.69. The molecule has 32 heavy (non-hydrogen) atoms. The standard InChI is InChI=1S/C27H53BN2P2/c1-24(2,3)31(25(4,5)6)29-19-20-30(32(26(7,8)9)27(10,11)12)28-22-17-13-15-21(23(28)29)16-14-18-22/h19-23H,13-18H2,1-12H3. The molecular formula is C27H53BN2P2. The summed E-state index contributed by atoms with van der Waals surface area (Å²) in [7, 11) is -0.615. The van der Waals surface area contributed by atoms with E-state index in [-0.39, 0.29) is 16.1 Å². The zero-order valence-electron chi connectivity index (χ0n) is 23.5. The van der Waals surface area contributed by atoms with Gasteiger partial charge in [0.25, 0.3) is 6.85 Å². The number of hydrogen-bond donors (Lipinski definition) is 0. The van der Waals surface area contributed by atoms with Crippen LogP contribution < -0.4 is 0 Å². The first kappa shape index (κ1) is 26.9. The van der Waals surface area contributed by atoms with E-state index < -0.39 is 0 Å². The van der Waals surface area contributed by atoms with E-state index >= 15 is 0 Å². The van der Waals surface area contributed by atoms with E-state index in [0.717, 1.165) is 11.7 Å². The molecule has 3 rings (SSSR count). The Morgan fingerprint density at radius 1 is 0.625 bits per heavy atom. The van der Waals surface area contributed by atoms with Crippen molar-refractivity contribution in [3.05, 3.63) is 12.4 Å². The summed E-state index contributed by atoms with van der Waals surface area (Å²) in [6.45, 7) is 30.7. The molecule has 0 radical (unpaired) electrons. The minimum absolute atomic E-state index is 0.307. The third-order valence-corrected chi connectivity index (χ3v) is 14.4. The first-order valence-electron chi connectivity index (χ1n) is 13.3. The van der Waals surface area contributed by atoms with Crippen molar-refractivity contribution < 1.29 is 0 Å². The molecule has 0 aromatic heterocycles. The molecule has 0 N–H and O–H groups in total. The molecule has 0 amide bonds. The van der Waals surface area contributed by atoms with Crippen LogP contribution in [0.4, 0.5) is 0 Å². The van der Waals surface area contributed by atoms with Crippen molar-refractivity contribution in [1.82, 2.24) is 9.25 Å². The van der Waals surface area contributed by atoms with Crippen molar-refractivity contribution in [2.24, 2.45) is 5.92 Å². The summed E-state index contributed by atoms with van der Waals surface area (Å²) >= 11 is 0. The van der Waals surface area contributed by atoms with E-state index in [1.165, 1.54) is 38.5 Å². The Bertz CT molecular complexity index is 586. The molecule has 3 aliphatic rings. The van der Waals surface area contributed by atoms with Crippen LogP contribution in [-0.4, -0.2) is 42.7 Å². The minimum Gasteiger partial charge on any atom is -0.396 e. The Balaban J connectivity index is 2.20. The van der Waals surface area contributed by atoms with Crippen LogP contribution in [0, 0.1) is 5.92 Å². The SMILES string of the molecule is CC(C)(C)P(N1C=CN(P(C(C)(C)C)C(C)(C)C)C2B1C1CCCC2CCC1)C(C)(C)C. The van der Waals surface area contributed by atoms with Gasteiger partial charge in [-0.15, -0.1) is 0 Å². The first-order valence-corrected chi connectivity index (χ1v) is 15.9. The highest BCUT2D eigenvalue weighted by Crippen LogP contribution is 2.69. The Labute approximate surface area is 204 Å². The maximum absolute atomic E-state index is 2.98. The highest BCUT2D eigenvalue weighted by atomic mass is 31.1. The summed E-state index contributed by atoms with van der Waals surface area (Å²) < 4.78 is 5.95. The van der Waals surface area contributed by atoms with Gasteiger partial charge in [-0.25, -0.2) is 0 Å². The zero-order valence-corrected chi connectivity index (χ0v) is 25.3. The largest absolute Gasteiger partial charge is 0.396 e. The lowest BCUT2D eigenvalue weighted by Crippen LogP contribution is -2.59. The third kappa shape index (κ3) is 5.40. The van der Waals surface area contributed by atoms with Crippen LogP contribution >= 0.6 is 16.1 Å². The number of hydrogen-bond acceptors (Lipinski definition) is 2. The van der Waals surface area contributed by atoms with Gasteiger partial charge in [0.15, 0.2) is 0 Å². The summed E-state index contributed by atoms with van der Waals surface area (Å²) in [5.74, 6) is 2.40. The van der Waals surface area contributed by atoms with E-state index in [9.17, 15) is 0 Å². The second-order valence-corrected chi connectivity index (χ2v) is 22.3. The van der Waals surface area contributed by atoms with Gasteiger partial charge in [-0.2, -0.15) is 0 Å². The van der Waals surface area contributed by atoms with E-state index in [4.69, 9.17) is 0 Å². The lowest BCUT2D eigenvalue weighted by atomic mass is 9.43. The molecule has 0 spiro atoms. The van der Waals surface area contributed by atoms with Gasteiger partial charge in [0.2, 0.25) is 0 Å². The molecular weight excluding hydrogens is 425 g/mol. The maximum Gasteiger partial charge on any atom is 0.284 e. The zero-order chi connectivity index (χ0) is 24.3. The smallest absolute Gasteiger partial charge is 0.284 e. The normalized spacial score (nSPS) is 27.8. The van der Waals surface area contributed by atoms with Crippen LogP contribution in [0.3, 0.4) is 0 Å². The maximum atomic E-state index is 2.98. The van der Waals surface area contributed by atoms with Gasteiger partial charge in [-0.1, -0.05) is 109 Å². The molecule has 2 saturated heterocycles. The van der Waals surface area contributed by atoms with Crippen LogP contribution in [0.25, 0.3) is 0 Å². The molecule has 1 atom stereocenters. The first-order chi connectivity index (χ1) is 14.4. The van der Waals surface area contributed by atoms with Crippen LogP contribution in [0.1, 0.15) is 122 Å². The number of nitrogens with zero attached hydrogens (tertiary/aromatic N) is 2. The van der Waals surface area contributed by atoms with Gasteiger partial charge in [-0.3, -0.25) is 0 Å². The topological polar surface area (TPSA) is 6.48 Å². The molecule has 2 nitrogen and oxygen atoms in total. The Kier molecular flexibility index (Phi) is 7.59. The molecule has 0 saturated carbocycles. The predicted molar refractivity (Wildman–Crippen MR) is 150 cm³/mol. The third-order valence-electron chi connectivity index (χ3n) is 7.60. The van der Waals surface area contributed by atoms with Crippen molar-refractivity contribution in [2.45, 2.75) is 154 Å². The second kappa shape index (κ2) is 9.05. The monoisotopic (exact) mass is 478 g/mol. The molecule has 3 aliphatic heterocycles. The fourth-order valence-corrected chi connectivity index (χ4v) is 16.1. The van der Waals surface area contributed by atoms with Crippen LogP contribution in [-0.2, 0) is 0 Å². The average Bonchev–Trinajstić information content (AvgIpc) is 2.80. The molecule has 0 aromatic rings. The Morgan fingerprint density at radius 3 is 1.47 bits per heavy atom. The molecule has 5 heteroatoms. The minimum atomic E-state index is -0.307. The van der Waals surface area contributed by atoms with Gasteiger partial charge >= 0.3 is 0 Å². The van der Waals surface area contributed by atoms with Gasteiger partial charge < -0.3 is 9.25 Å². The summed E-state index contributed by atoms with van der Waals surface area (Å²) in [5, 5.41) is 1.24. The van der Waals surface area contributed by atoms with Crippen molar-refractivity contribution >= 4 is 23.0 Å². The summed E-state index contributed by atoms with van der Waals surface area (Å²) in [6.07, 6.45) is 13.8. The van der Waals surface area contributed by atoms with E-state index in [0.29, 0.717) is 33.4 Å². The fraction of sp³-hybridized carbons (Fsp3) is 0.926.